The average Bonchev–Trinajstić information content (AvgIpc) is 2.30. The highest BCUT2D eigenvalue weighted by atomic mass is 19.1. The minimum Gasteiger partial charge on any atom is -0.352 e. The summed E-state index contributed by atoms with van der Waals surface area (Å²) < 4.78 is 12.9. The van der Waals surface area contributed by atoms with Gasteiger partial charge >= 0.3 is 0 Å². The smallest absolute Gasteiger partial charge is 0.224 e. The molecule has 1 aromatic rings. The van der Waals surface area contributed by atoms with Gasteiger partial charge in [0.1, 0.15) is 5.82 Å². The minimum absolute atomic E-state index is 0.0377. The van der Waals surface area contributed by atoms with Crippen LogP contribution in [-0.4, -0.2) is 25.0 Å². The lowest BCUT2D eigenvalue weighted by Crippen LogP contribution is -2.46. The minimum atomic E-state index is -0.297. The molecule has 0 aliphatic carbocycles. The third-order valence-electron chi connectivity index (χ3n) is 2.92. The molecule has 4 heteroatoms. The monoisotopic (exact) mass is 236 g/mol. The van der Waals surface area contributed by atoms with Gasteiger partial charge in [0.2, 0.25) is 5.91 Å². The van der Waals surface area contributed by atoms with Gasteiger partial charge in [0.15, 0.2) is 0 Å². The first-order valence-corrected chi connectivity index (χ1v) is 5.98. The number of rotatable bonds is 3. The van der Waals surface area contributed by atoms with Crippen molar-refractivity contribution < 1.29 is 9.18 Å². The van der Waals surface area contributed by atoms with Crippen LogP contribution in [0.5, 0.6) is 0 Å². The Kier molecular flexibility index (Phi) is 4.09. The molecule has 17 heavy (non-hydrogen) atoms. The Labute approximate surface area is 100 Å². The first kappa shape index (κ1) is 12.0. The summed E-state index contributed by atoms with van der Waals surface area (Å²) in [4.78, 5) is 11.7. The second-order valence-corrected chi connectivity index (χ2v) is 4.42. The molecular weight excluding hydrogens is 219 g/mol. The first-order chi connectivity index (χ1) is 8.24. The topological polar surface area (TPSA) is 41.1 Å². The van der Waals surface area contributed by atoms with Gasteiger partial charge < -0.3 is 10.6 Å². The molecular formula is C13H17FN2O. The highest BCUT2D eigenvalue weighted by molar-refractivity contribution is 5.78. The number of nitrogens with one attached hydrogen (secondary N) is 2. The second kappa shape index (κ2) is 5.77. The maximum absolute atomic E-state index is 12.9. The molecule has 0 aromatic heterocycles. The van der Waals surface area contributed by atoms with Crippen LogP contribution in [0.3, 0.4) is 0 Å². The van der Waals surface area contributed by atoms with Gasteiger partial charge in [-0.25, -0.2) is 4.39 Å². The zero-order valence-electron chi connectivity index (χ0n) is 9.71. The largest absolute Gasteiger partial charge is 0.352 e. The molecule has 0 saturated carbocycles. The number of benzene rings is 1. The van der Waals surface area contributed by atoms with Gasteiger partial charge in [-0.2, -0.15) is 0 Å². The van der Waals surface area contributed by atoms with Crippen LogP contribution >= 0.6 is 0 Å². The van der Waals surface area contributed by atoms with E-state index in [1.54, 1.807) is 12.1 Å². The molecule has 0 spiro atoms. The molecule has 1 unspecified atom stereocenters. The number of piperidine rings is 1. The van der Waals surface area contributed by atoms with Crippen LogP contribution in [0.2, 0.25) is 0 Å². The van der Waals surface area contributed by atoms with Crippen molar-refractivity contribution >= 4 is 5.91 Å². The lowest BCUT2D eigenvalue weighted by molar-refractivity contribution is -0.121. The third kappa shape index (κ3) is 3.82. The van der Waals surface area contributed by atoms with Crippen LogP contribution in [0.4, 0.5) is 4.39 Å². The Balaban J connectivity index is 1.84. The maximum Gasteiger partial charge on any atom is 0.224 e. The summed E-state index contributed by atoms with van der Waals surface area (Å²) in [5.41, 5.74) is 0.714. The van der Waals surface area contributed by atoms with E-state index in [0.29, 0.717) is 5.56 Å². The molecule has 1 aliphatic heterocycles. The Morgan fingerprint density at radius 2 is 2.41 bits per heavy atom. The van der Waals surface area contributed by atoms with Crippen molar-refractivity contribution in [1.82, 2.24) is 10.6 Å². The Bertz CT molecular complexity index is 389. The molecule has 1 atom stereocenters. The highest BCUT2D eigenvalue weighted by Crippen LogP contribution is 2.06. The van der Waals surface area contributed by atoms with E-state index in [0.717, 1.165) is 25.9 Å². The van der Waals surface area contributed by atoms with E-state index in [1.165, 1.54) is 12.1 Å². The zero-order valence-corrected chi connectivity index (χ0v) is 9.71. The Morgan fingerprint density at radius 1 is 1.53 bits per heavy atom. The SMILES string of the molecule is O=C(Cc1cccc(F)c1)NC1CCCNC1. The lowest BCUT2D eigenvalue weighted by atomic mass is 10.1. The van der Waals surface area contributed by atoms with Crippen molar-refractivity contribution in [2.24, 2.45) is 0 Å². The van der Waals surface area contributed by atoms with Crippen LogP contribution in [0, 0.1) is 5.82 Å². The average molecular weight is 236 g/mol. The van der Waals surface area contributed by atoms with Crippen LogP contribution < -0.4 is 10.6 Å². The Morgan fingerprint density at radius 3 is 3.12 bits per heavy atom. The Hall–Kier alpha value is -1.42. The van der Waals surface area contributed by atoms with Crippen molar-refractivity contribution in [3.8, 4) is 0 Å². The predicted octanol–water partition coefficient (Wildman–Crippen LogP) is 1.24. The van der Waals surface area contributed by atoms with Crippen LogP contribution in [0.1, 0.15) is 18.4 Å². The highest BCUT2D eigenvalue weighted by Gasteiger charge is 2.15. The van der Waals surface area contributed by atoms with E-state index < -0.39 is 0 Å². The van der Waals surface area contributed by atoms with E-state index in [-0.39, 0.29) is 24.2 Å². The summed E-state index contributed by atoms with van der Waals surface area (Å²) in [6, 6.07) is 6.39. The summed E-state index contributed by atoms with van der Waals surface area (Å²) in [6.07, 6.45) is 2.35. The fraction of sp³-hybridized carbons (Fsp3) is 0.462. The zero-order chi connectivity index (χ0) is 12.1. The summed E-state index contributed by atoms with van der Waals surface area (Å²) >= 11 is 0. The van der Waals surface area contributed by atoms with E-state index in [1.807, 2.05) is 0 Å². The van der Waals surface area contributed by atoms with E-state index in [9.17, 15) is 9.18 Å². The van der Waals surface area contributed by atoms with Gasteiger partial charge in [0.05, 0.1) is 6.42 Å². The molecule has 3 nitrogen and oxygen atoms in total. The number of amides is 1. The number of carbonyl (C=O) groups excluding carboxylic acids is 1. The number of hydrogen-bond acceptors (Lipinski definition) is 2. The second-order valence-electron chi connectivity index (χ2n) is 4.42. The van der Waals surface area contributed by atoms with Crippen LogP contribution in [0.15, 0.2) is 24.3 Å². The summed E-state index contributed by atoms with van der Waals surface area (Å²) in [5, 5.41) is 6.20. The van der Waals surface area contributed by atoms with Gasteiger partial charge in [-0.3, -0.25) is 4.79 Å². The van der Waals surface area contributed by atoms with Crippen LogP contribution in [0.25, 0.3) is 0 Å². The first-order valence-electron chi connectivity index (χ1n) is 5.98. The van der Waals surface area contributed by atoms with Gasteiger partial charge in [0.25, 0.3) is 0 Å². The molecule has 1 amide bonds. The molecule has 0 bridgehead atoms. The number of carbonyl (C=O) groups is 1. The quantitative estimate of drug-likeness (QED) is 0.829. The standard InChI is InChI=1S/C13H17FN2O/c14-11-4-1-3-10(7-11)8-13(17)16-12-5-2-6-15-9-12/h1,3-4,7,12,15H,2,5-6,8-9H2,(H,16,17). The molecule has 1 aliphatic rings. The predicted molar refractivity (Wildman–Crippen MR) is 64.1 cm³/mol. The molecule has 2 rings (SSSR count). The third-order valence-corrected chi connectivity index (χ3v) is 2.92. The molecule has 1 heterocycles. The van der Waals surface area contributed by atoms with E-state index >= 15 is 0 Å². The van der Waals surface area contributed by atoms with Crippen molar-refractivity contribution in [3.63, 3.8) is 0 Å². The van der Waals surface area contributed by atoms with Crippen molar-refractivity contribution in [2.45, 2.75) is 25.3 Å². The van der Waals surface area contributed by atoms with Gasteiger partial charge in [-0.15, -0.1) is 0 Å². The molecule has 0 radical (unpaired) electrons. The molecule has 2 N–H and O–H groups in total. The van der Waals surface area contributed by atoms with Crippen molar-refractivity contribution in [3.05, 3.63) is 35.6 Å². The fourth-order valence-electron chi connectivity index (χ4n) is 2.09. The van der Waals surface area contributed by atoms with Crippen LogP contribution in [-0.2, 0) is 11.2 Å². The van der Waals surface area contributed by atoms with E-state index in [2.05, 4.69) is 10.6 Å². The fourth-order valence-corrected chi connectivity index (χ4v) is 2.09. The molecule has 1 fully saturated rings. The summed E-state index contributed by atoms with van der Waals surface area (Å²) in [5.74, 6) is -0.334. The van der Waals surface area contributed by atoms with E-state index in [4.69, 9.17) is 0 Å². The molecule has 92 valence electrons. The lowest BCUT2D eigenvalue weighted by Gasteiger charge is -2.23. The summed E-state index contributed by atoms with van der Waals surface area (Å²) in [7, 11) is 0. The van der Waals surface area contributed by atoms with Gasteiger partial charge in [0, 0.05) is 12.6 Å². The summed E-state index contributed by atoms with van der Waals surface area (Å²) in [6.45, 7) is 1.85. The number of hydrogen-bond donors (Lipinski definition) is 2. The molecule has 1 aromatic carbocycles. The molecule has 1 saturated heterocycles. The number of halogens is 1. The maximum atomic E-state index is 12.9. The van der Waals surface area contributed by atoms with Crippen molar-refractivity contribution in [2.75, 3.05) is 13.1 Å². The van der Waals surface area contributed by atoms with Gasteiger partial charge in [-0.1, -0.05) is 12.1 Å². The van der Waals surface area contributed by atoms with Crippen molar-refractivity contribution in [1.29, 1.82) is 0 Å². The van der Waals surface area contributed by atoms with Gasteiger partial charge in [-0.05, 0) is 37.1 Å². The normalized spacial score (nSPS) is 19.9.